The van der Waals surface area contributed by atoms with E-state index in [0.717, 1.165) is 18.9 Å². The molecular weight excluding hydrogens is 350 g/mol. The lowest BCUT2D eigenvalue weighted by Gasteiger charge is -2.35. The fourth-order valence-electron chi connectivity index (χ4n) is 2.41. The number of rotatable bonds is 8. The molecule has 1 saturated carbocycles. The van der Waals surface area contributed by atoms with Crippen molar-refractivity contribution in [3.63, 3.8) is 0 Å². The van der Waals surface area contributed by atoms with Crippen molar-refractivity contribution in [2.75, 3.05) is 19.1 Å². The molecule has 1 fully saturated rings. The first-order chi connectivity index (χ1) is 11.9. The van der Waals surface area contributed by atoms with Gasteiger partial charge in [-0.2, -0.15) is 0 Å². The number of nitrogens with two attached hydrogens (primary N) is 2. The monoisotopic (exact) mass is 375 g/mol. The number of hydrogen-bond acceptors (Lipinski definition) is 7. The molecule has 0 unspecified atom stereocenters. The molecule has 0 atom stereocenters. The van der Waals surface area contributed by atoms with Crippen molar-refractivity contribution in [1.82, 2.24) is 0 Å². The van der Waals surface area contributed by atoms with E-state index >= 15 is 0 Å². The molecule has 9 heteroatoms. The third-order valence-electron chi connectivity index (χ3n) is 3.98. The van der Waals surface area contributed by atoms with Crippen LogP contribution in [0.5, 0.6) is 0 Å². The highest BCUT2D eigenvalue weighted by molar-refractivity contribution is 6.18. The molecule has 0 aromatic heterocycles. The van der Waals surface area contributed by atoms with Crippen molar-refractivity contribution in [3.05, 3.63) is 11.8 Å². The van der Waals surface area contributed by atoms with E-state index in [9.17, 15) is 9.59 Å². The Morgan fingerprint density at radius 2 is 1.84 bits per heavy atom. The zero-order valence-corrected chi connectivity index (χ0v) is 15.4. The van der Waals surface area contributed by atoms with E-state index in [1.807, 2.05) is 0 Å². The van der Waals surface area contributed by atoms with Crippen LogP contribution in [0.4, 0.5) is 0 Å². The van der Waals surface area contributed by atoms with Gasteiger partial charge in [-0.15, -0.1) is 11.6 Å². The Morgan fingerprint density at radius 3 is 2.36 bits per heavy atom. The van der Waals surface area contributed by atoms with E-state index in [1.165, 1.54) is 0 Å². The SMILES string of the molecule is CCOC(=O)/C=C(/O/N=C(\N)C1(N)CCC(CCl)CC1)C(=O)OCC. The molecule has 1 aliphatic rings. The maximum absolute atomic E-state index is 11.9. The second kappa shape index (κ2) is 10.2. The molecule has 0 bridgehead atoms. The van der Waals surface area contributed by atoms with Gasteiger partial charge in [0.2, 0.25) is 5.76 Å². The summed E-state index contributed by atoms with van der Waals surface area (Å²) in [6, 6.07) is 0. The van der Waals surface area contributed by atoms with Crippen molar-refractivity contribution in [2.24, 2.45) is 22.5 Å². The van der Waals surface area contributed by atoms with Crippen LogP contribution in [0.2, 0.25) is 0 Å². The predicted octanol–water partition coefficient (Wildman–Crippen LogP) is 1.41. The smallest absolute Gasteiger partial charge is 0.377 e. The third kappa shape index (κ3) is 6.55. The minimum Gasteiger partial charge on any atom is -0.463 e. The third-order valence-corrected chi connectivity index (χ3v) is 4.42. The van der Waals surface area contributed by atoms with Crippen LogP contribution < -0.4 is 11.5 Å². The van der Waals surface area contributed by atoms with E-state index in [0.29, 0.717) is 24.6 Å². The number of ether oxygens (including phenoxy) is 2. The van der Waals surface area contributed by atoms with E-state index in [1.54, 1.807) is 13.8 Å². The lowest BCUT2D eigenvalue weighted by molar-refractivity contribution is -0.144. The van der Waals surface area contributed by atoms with Crippen LogP contribution in [0.1, 0.15) is 39.5 Å². The Balaban J connectivity index is 2.84. The van der Waals surface area contributed by atoms with E-state index in [2.05, 4.69) is 5.16 Å². The number of esters is 2. The van der Waals surface area contributed by atoms with Gasteiger partial charge < -0.3 is 25.8 Å². The molecule has 1 aliphatic carbocycles. The van der Waals surface area contributed by atoms with Crippen LogP contribution in [0, 0.1) is 5.92 Å². The molecule has 8 nitrogen and oxygen atoms in total. The number of amidine groups is 1. The summed E-state index contributed by atoms with van der Waals surface area (Å²) in [5.41, 5.74) is 11.4. The summed E-state index contributed by atoms with van der Waals surface area (Å²) in [5, 5.41) is 3.75. The Hall–Kier alpha value is -1.80. The largest absolute Gasteiger partial charge is 0.463 e. The summed E-state index contributed by atoms with van der Waals surface area (Å²) in [4.78, 5) is 28.4. The summed E-state index contributed by atoms with van der Waals surface area (Å²) < 4.78 is 9.57. The fourth-order valence-corrected chi connectivity index (χ4v) is 2.72. The average Bonchev–Trinajstić information content (AvgIpc) is 2.59. The number of nitrogens with zero attached hydrogens (tertiary/aromatic N) is 1. The van der Waals surface area contributed by atoms with E-state index in [-0.39, 0.29) is 19.0 Å². The Morgan fingerprint density at radius 1 is 1.24 bits per heavy atom. The van der Waals surface area contributed by atoms with Crippen molar-refractivity contribution in [3.8, 4) is 0 Å². The van der Waals surface area contributed by atoms with Crippen molar-refractivity contribution >= 4 is 29.4 Å². The van der Waals surface area contributed by atoms with Gasteiger partial charge in [0.1, 0.15) is 0 Å². The van der Waals surface area contributed by atoms with Gasteiger partial charge >= 0.3 is 11.9 Å². The number of carbonyl (C=O) groups excluding carboxylic acids is 2. The number of halogens is 1. The van der Waals surface area contributed by atoms with Crippen LogP contribution in [0.25, 0.3) is 0 Å². The van der Waals surface area contributed by atoms with Gasteiger partial charge in [-0.05, 0) is 45.4 Å². The predicted molar refractivity (Wildman–Crippen MR) is 93.7 cm³/mol. The molecule has 1 rings (SSSR count). The number of alkyl halides is 1. The molecule has 0 aliphatic heterocycles. The second-order valence-corrected chi connectivity index (χ2v) is 6.11. The van der Waals surface area contributed by atoms with Gasteiger partial charge in [-0.25, -0.2) is 9.59 Å². The van der Waals surface area contributed by atoms with Crippen molar-refractivity contribution < 1.29 is 23.9 Å². The van der Waals surface area contributed by atoms with Crippen LogP contribution in [0.3, 0.4) is 0 Å². The number of carbonyl (C=O) groups is 2. The molecule has 25 heavy (non-hydrogen) atoms. The molecule has 0 aromatic rings. The minimum atomic E-state index is -0.843. The van der Waals surface area contributed by atoms with Gasteiger partial charge in [-0.1, -0.05) is 5.16 Å². The maximum Gasteiger partial charge on any atom is 0.377 e. The first-order valence-electron chi connectivity index (χ1n) is 8.27. The highest BCUT2D eigenvalue weighted by Gasteiger charge is 2.35. The summed E-state index contributed by atoms with van der Waals surface area (Å²) in [6.45, 7) is 3.54. The first-order valence-corrected chi connectivity index (χ1v) is 8.81. The highest BCUT2D eigenvalue weighted by Crippen LogP contribution is 2.31. The maximum atomic E-state index is 11.9. The molecule has 0 heterocycles. The van der Waals surface area contributed by atoms with Gasteiger partial charge in [0.05, 0.1) is 24.8 Å². The summed E-state index contributed by atoms with van der Waals surface area (Å²) >= 11 is 5.86. The Labute approximate surface area is 152 Å². The average molecular weight is 376 g/mol. The quantitative estimate of drug-likeness (QED) is 0.125. The first kappa shape index (κ1) is 21.2. The molecule has 0 spiro atoms. The molecule has 4 N–H and O–H groups in total. The molecule has 0 amide bonds. The Bertz CT molecular complexity index is 528. The standard InChI is InChI=1S/C16H26ClN3O5/c1-3-23-13(21)9-12(14(22)24-4-2)25-20-15(18)16(19)7-5-11(10-17)6-8-16/h9,11H,3-8,10,19H2,1-2H3,(H2,18,20)/b12-9+. The summed E-state index contributed by atoms with van der Waals surface area (Å²) in [7, 11) is 0. The van der Waals surface area contributed by atoms with Crippen molar-refractivity contribution in [1.29, 1.82) is 0 Å². The van der Waals surface area contributed by atoms with E-state index < -0.39 is 23.2 Å². The Kier molecular flexibility index (Phi) is 8.71. The molecule has 0 radical (unpaired) electrons. The van der Waals surface area contributed by atoms with Crippen LogP contribution in [-0.2, 0) is 23.9 Å². The molecule has 142 valence electrons. The molecular formula is C16H26ClN3O5. The van der Waals surface area contributed by atoms with Gasteiger partial charge in [0, 0.05) is 5.88 Å². The molecule has 0 aromatic carbocycles. The van der Waals surface area contributed by atoms with Crippen molar-refractivity contribution in [2.45, 2.75) is 45.1 Å². The number of hydrogen-bond donors (Lipinski definition) is 2. The van der Waals surface area contributed by atoms with Gasteiger partial charge in [-0.3, -0.25) is 0 Å². The zero-order valence-electron chi connectivity index (χ0n) is 14.6. The highest BCUT2D eigenvalue weighted by atomic mass is 35.5. The van der Waals surface area contributed by atoms with Gasteiger partial charge in [0.25, 0.3) is 0 Å². The van der Waals surface area contributed by atoms with Crippen LogP contribution >= 0.6 is 11.6 Å². The van der Waals surface area contributed by atoms with E-state index in [4.69, 9.17) is 37.4 Å². The van der Waals surface area contributed by atoms with Gasteiger partial charge in [0.15, 0.2) is 5.84 Å². The fraction of sp³-hybridized carbons (Fsp3) is 0.688. The lowest BCUT2D eigenvalue weighted by Crippen LogP contribution is -2.54. The minimum absolute atomic E-state index is 0.0552. The topological polar surface area (TPSA) is 126 Å². The number of oxime groups is 1. The van der Waals surface area contributed by atoms with Crippen LogP contribution in [-0.4, -0.2) is 42.4 Å². The lowest BCUT2D eigenvalue weighted by atomic mass is 9.77. The summed E-state index contributed by atoms with van der Waals surface area (Å²) in [5.74, 6) is -0.959. The zero-order chi connectivity index (χ0) is 18.9. The second-order valence-electron chi connectivity index (χ2n) is 5.80. The molecule has 0 saturated heterocycles. The van der Waals surface area contributed by atoms with Crippen LogP contribution in [0.15, 0.2) is 17.0 Å². The normalized spacial score (nSPS) is 24.6. The summed E-state index contributed by atoms with van der Waals surface area (Å²) in [6.07, 6.45) is 3.75.